The van der Waals surface area contributed by atoms with Crippen LogP contribution in [0, 0.1) is 0 Å². The SMILES string of the molecule is COC(=O)CCCC(=O)NN. The van der Waals surface area contributed by atoms with E-state index in [1.165, 1.54) is 7.11 Å². The Morgan fingerprint density at radius 1 is 1.45 bits per heavy atom. The van der Waals surface area contributed by atoms with E-state index in [-0.39, 0.29) is 24.7 Å². The first-order valence-electron chi connectivity index (χ1n) is 3.27. The van der Waals surface area contributed by atoms with Crippen molar-refractivity contribution in [2.45, 2.75) is 19.3 Å². The molecule has 64 valence electrons. The molecule has 0 fully saturated rings. The van der Waals surface area contributed by atoms with Crippen molar-refractivity contribution in [3.05, 3.63) is 0 Å². The molecular weight excluding hydrogens is 148 g/mol. The van der Waals surface area contributed by atoms with Gasteiger partial charge in [-0.05, 0) is 6.42 Å². The fourth-order valence-corrected chi connectivity index (χ4v) is 0.568. The number of hydrazine groups is 1. The van der Waals surface area contributed by atoms with Crippen LogP contribution in [0.2, 0.25) is 0 Å². The number of carbonyl (C=O) groups excluding carboxylic acids is 2. The monoisotopic (exact) mass is 160 g/mol. The van der Waals surface area contributed by atoms with Crippen LogP contribution in [0.25, 0.3) is 0 Å². The molecule has 0 atom stereocenters. The molecule has 0 unspecified atom stereocenters. The zero-order valence-corrected chi connectivity index (χ0v) is 6.42. The molecule has 0 saturated heterocycles. The van der Waals surface area contributed by atoms with Gasteiger partial charge in [0.25, 0.3) is 0 Å². The van der Waals surface area contributed by atoms with E-state index < -0.39 is 0 Å². The van der Waals surface area contributed by atoms with Crippen molar-refractivity contribution < 1.29 is 14.3 Å². The van der Waals surface area contributed by atoms with Crippen molar-refractivity contribution in [2.75, 3.05) is 7.11 Å². The van der Waals surface area contributed by atoms with Gasteiger partial charge >= 0.3 is 5.97 Å². The van der Waals surface area contributed by atoms with E-state index in [4.69, 9.17) is 5.84 Å². The largest absolute Gasteiger partial charge is 0.469 e. The van der Waals surface area contributed by atoms with Crippen molar-refractivity contribution in [2.24, 2.45) is 5.84 Å². The van der Waals surface area contributed by atoms with Crippen molar-refractivity contribution >= 4 is 11.9 Å². The molecule has 0 aliphatic rings. The summed E-state index contributed by atoms with van der Waals surface area (Å²) in [6.45, 7) is 0. The molecule has 3 N–H and O–H groups in total. The molecule has 0 bridgehead atoms. The average Bonchev–Trinajstić information content (AvgIpc) is 2.04. The molecule has 0 aromatic heterocycles. The van der Waals surface area contributed by atoms with E-state index in [1.54, 1.807) is 0 Å². The number of nitrogens with two attached hydrogens (primary N) is 1. The number of methoxy groups -OCH3 is 1. The van der Waals surface area contributed by atoms with Gasteiger partial charge in [-0.15, -0.1) is 0 Å². The topological polar surface area (TPSA) is 81.4 Å². The van der Waals surface area contributed by atoms with E-state index in [2.05, 4.69) is 4.74 Å². The number of amides is 1. The minimum atomic E-state index is -0.310. The molecule has 0 aliphatic heterocycles. The lowest BCUT2D eigenvalue weighted by Crippen LogP contribution is -2.29. The van der Waals surface area contributed by atoms with Gasteiger partial charge in [-0.25, -0.2) is 5.84 Å². The summed E-state index contributed by atoms with van der Waals surface area (Å²) in [5, 5.41) is 0. The minimum absolute atomic E-state index is 0.254. The second-order valence-corrected chi connectivity index (χ2v) is 2.00. The van der Waals surface area contributed by atoms with Crippen LogP contribution in [0.15, 0.2) is 0 Å². The van der Waals surface area contributed by atoms with E-state index in [1.807, 2.05) is 5.43 Å². The molecule has 11 heavy (non-hydrogen) atoms. The van der Waals surface area contributed by atoms with Crippen LogP contribution in [0.3, 0.4) is 0 Å². The molecule has 1 amide bonds. The third-order valence-corrected chi connectivity index (χ3v) is 1.17. The van der Waals surface area contributed by atoms with Gasteiger partial charge < -0.3 is 4.74 Å². The minimum Gasteiger partial charge on any atom is -0.469 e. The lowest BCUT2D eigenvalue weighted by atomic mass is 10.2. The van der Waals surface area contributed by atoms with Crippen LogP contribution in [0.4, 0.5) is 0 Å². The highest BCUT2D eigenvalue weighted by atomic mass is 16.5. The molecule has 5 heteroatoms. The molecule has 0 saturated carbocycles. The Hall–Kier alpha value is -1.10. The third kappa shape index (κ3) is 5.35. The Bertz CT molecular complexity index is 131. The third-order valence-electron chi connectivity index (χ3n) is 1.17. The van der Waals surface area contributed by atoms with Crippen LogP contribution in [0.1, 0.15) is 19.3 Å². The van der Waals surface area contributed by atoms with E-state index >= 15 is 0 Å². The zero-order chi connectivity index (χ0) is 8.69. The Kier molecular flexibility index (Phi) is 5.10. The quantitative estimate of drug-likeness (QED) is 0.247. The fourth-order valence-electron chi connectivity index (χ4n) is 0.568. The first-order valence-corrected chi connectivity index (χ1v) is 3.27. The van der Waals surface area contributed by atoms with Gasteiger partial charge in [0.2, 0.25) is 5.91 Å². The number of esters is 1. The van der Waals surface area contributed by atoms with Crippen LogP contribution >= 0.6 is 0 Å². The summed E-state index contributed by atoms with van der Waals surface area (Å²) in [7, 11) is 1.31. The molecular formula is C6H12N2O3. The second-order valence-electron chi connectivity index (χ2n) is 2.00. The van der Waals surface area contributed by atoms with Gasteiger partial charge in [0.05, 0.1) is 7.11 Å². The van der Waals surface area contributed by atoms with E-state index in [0.29, 0.717) is 6.42 Å². The molecule has 0 rings (SSSR count). The van der Waals surface area contributed by atoms with Crippen LogP contribution < -0.4 is 11.3 Å². The normalized spacial score (nSPS) is 8.91. The fraction of sp³-hybridized carbons (Fsp3) is 0.667. The Morgan fingerprint density at radius 3 is 2.55 bits per heavy atom. The summed E-state index contributed by atoms with van der Waals surface area (Å²) in [6.07, 6.45) is 0.977. The molecule has 0 aliphatic carbocycles. The maximum atomic E-state index is 10.5. The van der Waals surface area contributed by atoms with Crippen LogP contribution in [0.5, 0.6) is 0 Å². The maximum absolute atomic E-state index is 10.5. The second kappa shape index (κ2) is 5.67. The van der Waals surface area contributed by atoms with Crippen LogP contribution in [-0.2, 0) is 14.3 Å². The van der Waals surface area contributed by atoms with Gasteiger partial charge in [-0.3, -0.25) is 15.0 Å². The molecule has 0 aromatic carbocycles. The van der Waals surface area contributed by atoms with Gasteiger partial charge in [0.15, 0.2) is 0 Å². The molecule has 0 radical (unpaired) electrons. The smallest absolute Gasteiger partial charge is 0.305 e. The summed E-state index contributed by atoms with van der Waals surface area (Å²) in [5.74, 6) is 4.23. The highest BCUT2D eigenvalue weighted by molar-refractivity contribution is 5.76. The predicted octanol–water partition coefficient (Wildman–Crippen LogP) is -0.680. The average molecular weight is 160 g/mol. The summed E-state index contributed by atoms with van der Waals surface area (Å²) < 4.78 is 4.36. The van der Waals surface area contributed by atoms with Crippen molar-refractivity contribution in [3.8, 4) is 0 Å². The van der Waals surface area contributed by atoms with Gasteiger partial charge in [-0.2, -0.15) is 0 Å². The maximum Gasteiger partial charge on any atom is 0.305 e. The van der Waals surface area contributed by atoms with Crippen LogP contribution in [-0.4, -0.2) is 19.0 Å². The summed E-state index contributed by atoms with van der Waals surface area (Å²) >= 11 is 0. The zero-order valence-electron chi connectivity index (χ0n) is 6.42. The Morgan fingerprint density at radius 2 is 2.09 bits per heavy atom. The Labute approximate surface area is 64.9 Å². The molecule has 0 aromatic rings. The lowest BCUT2D eigenvalue weighted by molar-refractivity contribution is -0.140. The molecule has 0 heterocycles. The van der Waals surface area contributed by atoms with Gasteiger partial charge in [0, 0.05) is 12.8 Å². The van der Waals surface area contributed by atoms with E-state index in [9.17, 15) is 9.59 Å². The van der Waals surface area contributed by atoms with Gasteiger partial charge in [0.1, 0.15) is 0 Å². The number of carbonyl (C=O) groups is 2. The lowest BCUT2D eigenvalue weighted by Gasteiger charge is -1.98. The highest BCUT2D eigenvalue weighted by Gasteiger charge is 2.02. The first kappa shape index (κ1) is 9.90. The Balaban J connectivity index is 3.27. The summed E-state index contributed by atoms with van der Waals surface area (Å²) in [4.78, 5) is 21.0. The summed E-state index contributed by atoms with van der Waals surface area (Å²) in [5.41, 5.74) is 1.97. The standard InChI is InChI=1S/C6H12N2O3/c1-11-6(10)4-2-3-5(9)8-7/h2-4,7H2,1H3,(H,8,9). The molecule has 5 nitrogen and oxygen atoms in total. The number of nitrogens with one attached hydrogen (secondary N) is 1. The van der Waals surface area contributed by atoms with Crippen molar-refractivity contribution in [3.63, 3.8) is 0 Å². The summed E-state index contributed by atoms with van der Waals surface area (Å²) in [6, 6.07) is 0. The number of hydrogen-bond acceptors (Lipinski definition) is 4. The first-order chi connectivity index (χ1) is 5.20. The number of hydrogen-bond donors (Lipinski definition) is 2. The number of ether oxygens (including phenoxy) is 1. The molecule has 0 spiro atoms. The van der Waals surface area contributed by atoms with E-state index in [0.717, 1.165) is 0 Å². The van der Waals surface area contributed by atoms with Crippen molar-refractivity contribution in [1.29, 1.82) is 0 Å². The van der Waals surface area contributed by atoms with Crippen molar-refractivity contribution in [1.82, 2.24) is 5.43 Å². The number of rotatable bonds is 4. The predicted molar refractivity (Wildman–Crippen MR) is 38.2 cm³/mol. The van der Waals surface area contributed by atoms with Gasteiger partial charge in [-0.1, -0.05) is 0 Å². The highest BCUT2D eigenvalue weighted by Crippen LogP contribution is 1.95.